The highest BCUT2D eigenvalue weighted by Gasteiger charge is 2.29. The Morgan fingerprint density at radius 3 is 2.60 bits per heavy atom. The van der Waals surface area contributed by atoms with Crippen molar-refractivity contribution in [2.24, 2.45) is 11.8 Å². The molecule has 1 aliphatic rings. The van der Waals surface area contributed by atoms with Crippen LogP contribution in [0.1, 0.15) is 35.6 Å². The Hall–Kier alpha value is -1.73. The second-order valence-corrected chi connectivity index (χ2v) is 8.68. The first-order valence-electron chi connectivity index (χ1n) is 8.54. The summed E-state index contributed by atoms with van der Waals surface area (Å²) in [6.45, 7) is 2.62. The van der Waals surface area contributed by atoms with Crippen molar-refractivity contribution in [2.45, 2.75) is 39.0 Å². The first-order chi connectivity index (χ1) is 12.0. The Kier molecular flexibility index (Phi) is 5.86. The van der Waals surface area contributed by atoms with Gasteiger partial charge in [-0.1, -0.05) is 0 Å². The summed E-state index contributed by atoms with van der Waals surface area (Å²) in [7, 11) is 0. The number of carboxylic acids is 1. The molecule has 0 aromatic carbocycles. The van der Waals surface area contributed by atoms with Crippen LogP contribution in [-0.4, -0.2) is 28.5 Å². The van der Waals surface area contributed by atoms with Crippen molar-refractivity contribution < 1.29 is 14.7 Å². The molecule has 0 atom stereocenters. The molecule has 0 aliphatic heterocycles. The second-order valence-electron chi connectivity index (χ2n) is 6.45. The van der Waals surface area contributed by atoms with Gasteiger partial charge in [-0.25, -0.2) is 4.98 Å². The van der Waals surface area contributed by atoms with Crippen molar-refractivity contribution in [3.05, 3.63) is 27.4 Å². The minimum atomic E-state index is -0.734. The molecule has 5 nitrogen and oxygen atoms in total. The van der Waals surface area contributed by atoms with E-state index in [0.29, 0.717) is 32.2 Å². The van der Waals surface area contributed by atoms with E-state index in [-0.39, 0.29) is 17.7 Å². The zero-order valence-electron chi connectivity index (χ0n) is 14.2. The molecule has 0 bridgehead atoms. The zero-order valence-corrected chi connectivity index (χ0v) is 15.8. The maximum atomic E-state index is 12.2. The number of thiophene rings is 1. The summed E-state index contributed by atoms with van der Waals surface area (Å²) in [6.07, 6.45) is 3.37. The number of aliphatic carboxylic acids is 1. The number of carboxylic acid groups (broad SMARTS) is 1. The summed E-state index contributed by atoms with van der Waals surface area (Å²) in [5.41, 5.74) is 1.03. The van der Waals surface area contributed by atoms with Crippen LogP contribution in [0.5, 0.6) is 0 Å². The van der Waals surface area contributed by atoms with Crippen molar-refractivity contribution in [2.75, 3.05) is 6.54 Å². The minimum Gasteiger partial charge on any atom is -0.481 e. The Labute approximate surface area is 155 Å². The lowest BCUT2D eigenvalue weighted by atomic mass is 9.81. The van der Waals surface area contributed by atoms with Crippen molar-refractivity contribution in [1.82, 2.24) is 10.3 Å². The molecular formula is C18H22N2O3S2. The lowest BCUT2D eigenvalue weighted by molar-refractivity contribution is -0.144. The molecule has 1 aliphatic carbocycles. The summed E-state index contributed by atoms with van der Waals surface area (Å²) < 4.78 is 0. The summed E-state index contributed by atoms with van der Waals surface area (Å²) in [5.74, 6) is -0.978. The highest BCUT2D eigenvalue weighted by molar-refractivity contribution is 7.16. The van der Waals surface area contributed by atoms with Crippen LogP contribution in [-0.2, 0) is 16.0 Å². The van der Waals surface area contributed by atoms with Gasteiger partial charge in [0, 0.05) is 22.7 Å². The van der Waals surface area contributed by atoms with Gasteiger partial charge in [-0.05, 0) is 51.2 Å². The van der Waals surface area contributed by atoms with Gasteiger partial charge in [0.1, 0.15) is 0 Å². The summed E-state index contributed by atoms with van der Waals surface area (Å²) in [6, 6.07) is 4.18. The summed E-state index contributed by atoms with van der Waals surface area (Å²) >= 11 is 3.37. The SMILES string of the molecule is Cc1nc(-c2ccc(CCNC(=O)C3CCC(C(=O)O)CC3)s2)cs1. The first-order valence-corrected chi connectivity index (χ1v) is 10.2. The van der Waals surface area contributed by atoms with Crippen molar-refractivity contribution in [3.8, 4) is 10.6 Å². The van der Waals surface area contributed by atoms with Gasteiger partial charge < -0.3 is 10.4 Å². The predicted molar refractivity (Wildman–Crippen MR) is 100.0 cm³/mol. The molecule has 3 rings (SSSR count). The van der Waals surface area contributed by atoms with E-state index in [1.165, 1.54) is 4.88 Å². The Bertz CT molecular complexity index is 745. The van der Waals surface area contributed by atoms with Crippen LogP contribution in [0, 0.1) is 18.8 Å². The van der Waals surface area contributed by atoms with E-state index in [0.717, 1.165) is 22.0 Å². The number of hydrogen-bond donors (Lipinski definition) is 2. The number of nitrogens with zero attached hydrogens (tertiary/aromatic N) is 1. The number of carbonyl (C=O) groups excluding carboxylic acids is 1. The number of hydrogen-bond acceptors (Lipinski definition) is 5. The van der Waals surface area contributed by atoms with E-state index in [2.05, 4.69) is 27.8 Å². The van der Waals surface area contributed by atoms with Crippen LogP contribution < -0.4 is 5.32 Å². The fourth-order valence-corrected chi connectivity index (χ4v) is 4.84. The molecule has 2 aromatic rings. The smallest absolute Gasteiger partial charge is 0.306 e. The minimum absolute atomic E-state index is 0.0347. The number of aromatic nitrogens is 1. The fourth-order valence-electron chi connectivity index (χ4n) is 3.18. The maximum Gasteiger partial charge on any atom is 0.306 e. The molecule has 0 saturated heterocycles. The number of rotatable bonds is 6. The monoisotopic (exact) mass is 378 g/mol. The van der Waals surface area contributed by atoms with Crippen molar-refractivity contribution in [1.29, 1.82) is 0 Å². The van der Waals surface area contributed by atoms with Crippen LogP contribution in [0.25, 0.3) is 10.6 Å². The van der Waals surface area contributed by atoms with Gasteiger partial charge in [-0.3, -0.25) is 9.59 Å². The van der Waals surface area contributed by atoms with Gasteiger partial charge in [0.25, 0.3) is 0 Å². The van der Waals surface area contributed by atoms with Gasteiger partial charge in [-0.15, -0.1) is 22.7 Å². The number of aryl methyl sites for hydroxylation is 1. The zero-order chi connectivity index (χ0) is 17.8. The fraction of sp³-hybridized carbons (Fsp3) is 0.500. The molecule has 1 amide bonds. The number of carbonyl (C=O) groups is 2. The number of nitrogens with one attached hydrogen (secondary N) is 1. The van der Waals surface area contributed by atoms with E-state index < -0.39 is 5.97 Å². The number of amides is 1. The molecule has 0 unspecified atom stereocenters. The molecule has 2 heterocycles. The normalized spacial score (nSPS) is 20.4. The topological polar surface area (TPSA) is 79.3 Å². The quantitative estimate of drug-likeness (QED) is 0.803. The first kappa shape index (κ1) is 18.1. The molecule has 7 heteroatoms. The predicted octanol–water partition coefficient (Wildman–Crippen LogP) is 3.73. The lowest BCUT2D eigenvalue weighted by Gasteiger charge is -2.25. The average Bonchev–Trinajstić information content (AvgIpc) is 3.23. The van der Waals surface area contributed by atoms with E-state index in [4.69, 9.17) is 5.11 Å². The lowest BCUT2D eigenvalue weighted by Crippen LogP contribution is -2.35. The van der Waals surface area contributed by atoms with Crippen LogP contribution >= 0.6 is 22.7 Å². The molecule has 0 radical (unpaired) electrons. The number of thiazole rings is 1. The van der Waals surface area contributed by atoms with Crippen LogP contribution in [0.2, 0.25) is 0 Å². The highest BCUT2D eigenvalue weighted by atomic mass is 32.1. The van der Waals surface area contributed by atoms with E-state index in [1.807, 2.05) is 6.92 Å². The summed E-state index contributed by atoms with van der Waals surface area (Å²) in [4.78, 5) is 30.1. The molecule has 25 heavy (non-hydrogen) atoms. The van der Waals surface area contributed by atoms with Gasteiger partial charge in [0.2, 0.25) is 5.91 Å². The van der Waals surface area contributed by atoms with E-state index >= 15 is 0 Å². The molecule has 134 valence electrons. The highest BCUT2D eigenvalue weighted by Crippen LogP contribution is 2.30. The maximum absolute atomic E-state index is 12.2. The van der Waals surface area contributed by atoms with Crippen LogP contribution in [0.4, 0.5) is 0 Å². The Morgan fingerprint density at radius 1 is 1.24 bits per heavy atom. The van der Waals surface area contributed by atoms with Crippen LogP contribution in [0.3, 0.4) is 0 Å². The molecule has 1 saturated carbocycles. The molecule has 2 N–H and O–H groups in total. The van der Waals surface area contributed by atoms with E-state index in [1.54, 1.807) is 22.7 Å². The summed E-state index contributed by atoms with van der Waals surface area (Å²) in [5, 5.41) is 15.2. The van der Waals surface area contributed by atoms with Gasteiger partial charge in [0.15, 0.2) is 0 Å². The largest absolute Gasteiger partial charge is 0.481 e. The van der Waals surface area contributed by atoms with Crippen molar-refractivity contribution in [3.63, 3.8) is 0 Å². The second kappa shape index (κ2) is 8.10. The standard InChI is InChI=1S/C18H22N2O3S2/c1-11-20-15(10-24-11)16-7-6-14(25-16)8-9-19-17(21)12-2-4-13(5-3-12)18(22)23/h6-7,10,12-13H,2-5,8-9H2,1H3,(H,19,21)(H,22,23). The third kappa shape index (κ3) is 4.67. The van der Waals surface area contributed by atoms with Crippen molar-refractivity contribution >= 4 is 34.6 Å². The average molecular weight is 379 g/mol. The third-order valence-corrected chi connectivity index (χ3v) is 6.59. The molecular weight excluding hydrogens is 356 g/mol. The van der Waals surface area contributed by atoms with Crippen LogP contribution in [0.15, 0.2) is 17.5 Å². The molecule has 1 fully saturated rings. The molecule has 2 aromatic heterocycles. The third-order valence-electron chi connectivity index (χ3n) is 4.65. The van der Waals surface area contributed by atoms with Gasteiger partial charge in [-0.2, -0.15) is 0 Å². The Morgan fingerprint density at radius 2 is 1.96 bits per heavy atom. The van der Waals surface area contributed by atoms with Gasteiger partial charge in [0.05, 0.1) is 21.5 Å². The van der Waals surface area contributed by atoms with E-state index in [9.17, 15) is 9.59 Å². The van der Waals surface area contributed by atoms with Gasteiger partial charge >= 0.3 is 5.97 Å². The Balaban J connectivity index is 1.43. The molecule has 0 spiro atoms.